The van der Waals surface area contributed by atoms with Gasteiger partial charge in [-0.15, -0.1) is 0 Å². The number of fused-ring (bicyclic) bond motifs is 2. The van der Waals surface area contributed by atoms with Crippen molar-refractivity contribution in [1.82, 2.24) is 14.5 Å². The molecule has 0 saturated carbocycles. The molecule has 6 rings (SSSR count). The van der Waals surface area contributed by atoms with Crippen molar-refractivity contribution in [2.24, 2.45) is 5.41 Å². The van der Waals surface area contributed by atoms with Crippen LogP contribution in [0.4, 0.5) is 5.69 Å². The Labute approximate surface area is 287 Å². The molecule has 3 aliphatic heterocycles. The highest BCUT2D eigenvalue weighted by Gasteiger charge is 2.51. The van der Waals surface area contributed by atoms with Gasteiger partial charge in [0.25, 0.3) is 0 Å². The van der Waals surface area contributed by atoms with E-state index >= 15 is 0 Å². The largest absolute Gasteiger partial charge is 0.494 e. The van der Waals surface area contributed by atoms with Crippen LogP contribution in [0.3, 0.4) is 0 Å². The van der Waals surface area contributed by atoms with Gasteiger partial charge in [-0.25, -0.2) is 0 Å². The van der Waals surface area contributed by atoms with Gasteiger partial charge in [0.2, 0.25) is 0 Å². The zero-order valence-corrected chi connectivity index (χ0v) is 30.8. The number of esters is 1. The molecule has 10 heteroatoms. The molecule has 2 atom stereocenters. The van der Waals surface area contributed by atoms with E-state index in [1.807, 2.05) is 6.20 Å². The van der Waals surface area contributed by atoms with Crippen LogP contribution in [-0.4, -0.2) is 84.7 Å². The first kappa shape index (κ1) is 34.9. The Bertz CT molecular complexity index is 1650. The van der Waals surface area contributed by atoms with Crippen molar-refractivity contribution >= 4 is 35.1 Å². The summed E-state index contributed by atoms with van der Waals surface area (Å²) >= 11 is 0. The molecule has 5 heterocycles. The van der Waals surface area contributed by atoms with Crippen molar-refractivity contribution < 1.29 is 23.6 Å². The van der Waals surface area contributed by atoms with Gasteiger partial charge in [-0.3, -0.25) is 14.7 Å². The molecule has 0 spiro atoms. The molecule has 48 heavy (non-hydrogen) atoms. The van der Waals surface area contributed by atoms with Crippen LogP contribution in [0.5, 0.6) is 0 Å². The number of carbonyl (C=O) groups excluding carboxylic acids is 1. The summed E-state index contributed by atoms with van der Waals surface area (Å²) in [7, 11) is 1.27. The number of benzene rings is 1. The molecule has 3 aliphatic rings. The number of anilines is 1. The van der Waals surface area contributed by atoms with Crippen LogP contribution >= 0.6 is 0 Å². The van der Waals surface area contributed by atoms with Crippen LogP contribution in [0.2, 0.25) is 0 Å². The number of hydrogen-bond acceptors (Lipinski definition) is 8. The highest BCUT2D eigenvalue weighted by Crippen LogP contribution is 2.43. The summed E-state index contributed by atoms with van der Waals surface area (Å²) < 4.78 is 27.0. The number of rotatable bonds is 10. The highest BCUT2D eigenvalue weighted by molar-refractivity contribution is 6.62. The second kappa shape index (κ2) is 13.1. The molecule has 0 aliphatic carbocycles. The van der Waals surface area contributed by atoms with Crippen LogP contribution in [0, 0.1) is 5.41 Å². The van der Waals surface area contributed by atoms with E-state index in [0.29, 0.717) is 19.1 Å². The lowest BCUT2D eigenvalue weighted by molar-refractivity contribution is -0.143. The predicted octanol–water partition coefficient (Wildman–Crippen LogP) is 6.15. The molecule has 260 valence electrons. The van der Waals surface area contributed by atoms with Gasteiger partial charge in [-0.1, -0.05) is 26.0 Å². The van der Waals surface area contributed by atoms with Crippen LogP contribution < -0.4 is 10.4 Å². The third kappa shape index (κ3) is 6.53. The van der Waals surface area contributed by atoms with Gasteiger partial charge in [0, 0.05) is 68.1 Å². The monoisotopic (exact) mass is 658 g/mol. The fraction of sp³-hybridized carbons (Fsp3) is 0.632. The highest BCUT2D eigenvalue weighted by atomic mass is 16.7. The fourth-order valence-electron chi connectivity index (χ4n) is 7.70. The number of hydrogen-bond donors (Lipinski definition) is 0. The van der Waals surface area contributed by atoms with Crippen LogP contribution in [0.25, 0.3) is 22.2 Å². The van der Waals surface area contributed by atoms with Gasteiger partial charge in [0.1, 0.15) is 0 Å². The van der Waals surface area contributed by atoms with E-state index in [0.717, 1.165) is 65.2 Å². The quantitative estimate of drug-likeness (QED) is 0.190. The number of nitrogens with zero attached hydrogens (tertiary/aromatic N) is 4. The molecule has 0 N–H and O–H groups in total. The van der Waals surface area contributed by atoms with Crippen molar-refractivity contribution in [3.8, 4) is 11.3 Å². The normalized spacial score (nSPS) is 21.6. The molecule has 0 amide bonds. The smallest absolute Gasteiger partial charge is 0.465 e. The molecule has 9 nitrogen and oxygen atoms in total. The molecule has 1 unspecified atom stereocenters. The van der Waals surface area contributed by atoms with Gasteiger partial charge >= 0.3 is 13.1 Å². The average Bonchev–Trinajstić information content (AvgIpc) is 3.70. The van der Waals surface area contributed by atoms with Crippen molar-refractivity contribution in [3.63, 3.8) is 0 Å². The van der Waals surface area contributed by atoms with Crippen molar-refractivity contribution in [2.45, 2.75) is 111 Å². The van der Waals surface area contributed by atoms with E-state index in [4.69, 9.17) is 23.8 Å². The van der Waals surface area contributed by atoms with Gasteiger partial charge in [-0.2, -0.15) is 0 Å². The van der Waals surface area contributed by atoms with Gasteiger partial charge in [-0.05, 0) is 90.5 Å². The minimum atomic E-state index is -0.474. The van der Waals surface area contributed by atoms with Gasteiger partial charge in [0.05, 0.1) is 47.2 Å². The standard InChI is InChI=1S/C38H55BN4O5/c1-11-43-33-15-14-27(39-47-37(6,7)38(8,9)48-39)19-30(33)32(21-36(4,5)24-46-26(3)44)35(43)31-20-29(22-40-34(31)25(2)45-10)42-18-17-41-16-12-13-28(41)23-42/h14-15,19-20,22,25,28H,11-13,16-18,21,23-24H2,1-10H3/t25?,28-/m1/s1. The Morgan fingerprint density at radius 2 is 1.85 bits per heavy atom. The average molecular weight is 659 g/mol. The minimum absolute atomic E-state index is 0.203. The molecular weight excluding hydrogens is 603 g/mol. The summed E-state index contributed by atoms with van der Waals surface area (Å²) in [6.45, 7) is 23.9. The SMILES string of the molecule is CCn1c(-c2cc(N3CCN4CCC[C@@H]4C3)cnc2C(C)OC)c(CC(C)(C)COC(C)=O)c2cc(B3OC(C)(C)C(C)(C)O3)ccc21. The Hall–Kier alpha value is -2.92. The fourth-order valence-corrected chi connectivity index (χ4v) is 7.70. The van der Waals surface area contributed by atoms with Crippen molar-refractivity contribution in [1.29, 1.82) is 0 Å². The topological polar surface area (TPSA) is 78.3 Å². The third-order valence-electron chi connectivity index (χ3n) is 11.2. The number of aryl methyl sites for hydroxylation is 1. The number of piperazine rings is 1. The lowest BCUT2D eigenvalue weighted by atomic mass is 9.77. The number of aromatic nitrogens is 2. The maximum Gasteiger partial charge on any atom is 0.494 e. The van der Waals surface area contributed by atoms with Crippen molar-refractivity contribution in [3.05, 3.63) is 41.7 Å². The van der Waals surface area contributed by atoms with Gasteiger partial charge in [0.15, 0.2) is 0 Å². The van der Waals surface area contributed by atoms with Crippen LogP contribution in [0.15, 0.2) is 30.5 Å². The van der Waals surface area contributed by atoms with Crippen molar-refractivity contribution in [2.75, 3.05) is 44.8 Å². The van der Waals surface area contributed by atoms with E-state index in [-0.39, 0.29) is 17.5 Å². The lowest BCUT2D eigenvalue weighted by Gasteiger charge is -2.39. The molecule has 3 aromatic rings. The summed E-state index contributed by atoms with van der Waals surface area (Å²) in [5.74, 6) is -0.266. The summed E-state index contributed by atoms with van der Waals surface area (Å²) in [5.41, 5.74) is 6.43. The van der Waals surface area contributed by atoms with E-state index < -0.39 is 18.3 Å². The summed E-state index contributed by atoms with van der Waals surface area (Å²) in [4.78, 5) is 22.2. The molecule has 0 radical (unpaired) electrons. The number of methoxy groups -OCH3 is 1. The molecule has 1 aromatic carbocycles. The Kier molecular flexibility index (Phi) is 9.52. The molecule has 3 saturated heterocycles. The first-order valence-electron chi connectivity index (χ1n) is 17.8. The Morgan fingerprint density at radius 3 is 2.52 bits per heavy atom. The second-order valence-electron chi connectivity index (χ2n) is 15.8. The van der Waals surface area contributed by atoms with Crippen LogP contribution in [-0.2, 0) is 36.5 Å². The first-order valence-corrected chi connectivity index (χ1v) is 17.8. The zero-order chi connectivity index (χ0) is 34.6. The number of carbonyl (C=O) groups is 1. The zero-order valence-electron chi connectivity index (χ0n) is 30.8. The first-order chi connectivity index (χ1) is 22.6. The van der Waals surface area contributed by atoms with E-state index in [9.17, 15) is 4.79 Å². The molecular formula is C38H55BN4O5. The molecule has 3 fully saturated rings. The lowest BCUT2D eigenvalue weighted by Crippen LogP contribution is -2.50. The summed E-state index contributed by atoms with van der Waals surface area (Å²) in [6.07, 6.45) is 5.07. The second-order valence-corrected chi connectivity index (χ2v) is 15.8. The molecule has 0 bridgehead atoms. The minimum Gasteiger partial charge on any atom is -0.465 e. The third-order valence-corrected chi connectivity index (χ3v) is 11.2. The van der Waals surface area contributed by atoms with Gasteiger partial charge < -0.3 is 28.2 Å². The Morgan fingerprint density at radius 1 is 1.12 bits per heavy atom. The maximum absolute atomic E-state index is 11.9. The Balaban J connectivity index is 1.53. The predicted molar refractivity (Wildman–Crippen MR) is 193 cm³/mol. The van der Waals surface area contributed by atoms with Crippen LogP contribution in [0.1, 0.15) is 92.5 Å². The van der Waals surface area contributed by atoms with E-state index in [1.54, 1.807) is 7.11 Å². The molecule has 2 aromatic heterocycles. The summed E-state index contributed by atoms with van der Waals surface area (Å²) in [5, 5.41) is 1.15. The maximum atomic E-state index is 11.9. The van der Waals surface area contributed by atoms with E-state index in [1.165, 1.54) is 31.9 Å². The number of pyridine rings is 1. The summed E-state index contributed by atoms with van der Waals surface area (Å²) in [6, 6.07) is 9.55. The number of ether oxygens (including phenoxy) is 2. The van der Waals surface area contributed by atoms with E-state index in [2.05, 4.69) is 94.0 Å².